The van der Waals surface area contributed by atoms with E-state index in [9.17, 15) is 30.3 Å². The normalized spacial score (nSPS) is 56.5. The van der Waals surface area contributed by atoms with Crippen molar-refractivity contribution in [2.45, 2.75) is 115 Å². The molecule has 0 aromatic rings. The Hall–Kier alpha value is -0.770. The smallest absolute Gasteiger partial charge is 0.335 e. The summed E-state index contributed by atoms with van der Waals surface area (Å²) in [5.74, 6) is 1.05. The number of hydrogen-bond donors (Lipinski definition) is 5. The van der Waals surface area contributed by atoms with E-state index in [0.29, 0.717) is 23.7 Å². The van der Waals surface area contributed by atoms with Gasteiger partial charge in [-0.3, -0.25) is 0 Å². The molecule has 1 heterocycles. The Bertz CT molecular complexity index is 761. The van der Waals surface area contributed by atoms with E-state index < -0.39 is 36.7 Å². The van der Waals surface area contributed by atoms with Crippen LogP contribution >= 0.6 is 0 Å². The van der Waals surface area contributed by atoms with Crippen molar-refractivity contribution in [1.82, 2.24) is 0 Å². The minimum absolute atomic E-state index is 0.0746. The Kier molecular flexibility index (Phi) is 6.11. The number of hydrogen-bond acceptors (Lipinski definition) is 7. The van der Waals surface area contributed by atoms with Crippen LogP contribution in [0.2, 0.25) is 0 Å². The molecule has 5 N–H and O–H groups in total. The monoisotopic (exact) mass is 468 g/mol. The highest BCUT2D eigenvalue weighted by Crippen LogP contribution is 2.66. The van der Waals surface area contributed by atoms with Crippen LogP contribution in [0, 0.1) is 34.5 Å². The maximum Gasteiger partial charge on any atom is 0.335 e. The third kappa shape index (κ3) is 3.67. The molecule has 0 aromatic carbocycles. The van der Waals surface area contributed by atoms with Crippen molar-refractivity contribution < 1.29 is 39.8 Å². The van der Waals surface area contributed by atoms with Gasteiger partial charge in [0.2, 0.25) is 0 Å². The van der Waals surface area contributed by atoms with Gasteiger partial charge in [0.1, 0.15) is 18.3 Å². The van der Waals surface area contributed by atoms with Gasteiger partial charge in [-0.15, -0.1) is 0 Å². The highest BCUT2D eigenvalue weighted by atomic mass is 16.7. The second-order valence-corrected chi connectivity index (χ2v) is 12.1. The van der Waals surface area contributed by atoms with Gasteiger partial charge < -0.3 is 35.0 Å². The molecule has 13 atom stereocenters. The largest absolute Gasteiger partial charge is 0.479 e. The fraction of sp³-hybridized carbons (Fsp3) is 0.960. The van der Waals surface area contributed by atoms with Crippen LogP contribution in [0.4, 0.5) is 0 Å². The first kappa shape index (κ1) is 23.9. The number of fused-ring (bicyclic) bond motifs is 5. The van der Waals surface area contributed by atoms with E-state index in [-0.39, 0.29) is 23.0 Å². The predicted molar refractivity (Wildman–Crippen MR) is 117 cm³/mol. The van der Waals surface area contributed by atoms with E-state index in [1.165, 1.54) is 12.8 Å². The Balaban J connectivity index is 1.26. The number of carboxylic acids is 1. The van der Waals surface area contributed by atoms with Gasteiger partial charge in [0.25, 0.3) is 0 Å². The summed E-state index contributed by atoms with van der Waals surface area (Å²) < 4.78 is 11.4. The van der Waals surface area contributed by atoms with Gasteiger partial charge in [-0.25, -0.2) is 4.79 Å². The lowest BCUT2D eigenvalue weighted by Crippen LogP contribution is -2.61. The van der Waals surface area contributed by atoms with Gasteiger partial charge in [-0.1, -0.05) is 13.8 Å². The summed E-state index contributed by atoms with van der Waals surface area (Å²) >= 11 is 0. The highest BCUT2D eigenvalue weighted by Gasteiger charge is 2.60. The first-order chi connectivity index (χ1) is 15.6. The van der Waals surface area contributed by atoms with Crippen molar-refractivity contribution in [3.05, 3.63) is 0 Å². The van der Waals surface area contributed by atoms with Crippen molar-refractivity contribution in [1.29, 1.82) is 0 Å². The van der Waals surface area contributed by atoms with Crippen molar-refractivity contribution >= 4 is 5.97 Å². The third-order valence-electron chi connectivity index (χ3n) is 10.7. The second kappa shape index (κ2) is 8.42. The van der Waals surface area contributed by atoms with E-state index >= 15 is 0 Å². The summed E-state index contributed by atoms with van der Waals surface area (Å²) in [4.78, 5) is 11.4. The minimum Gasteiger partial charge on any atom is -0.479 e. The van der Waals surface area contributed by atoms with Crippen LogP contribution in [0.5, 0.6) is 0 Å². The first-order valence-electron chi connectivity index (χ1n) is 12.8. The lowest BCUT2D eigenvalue weighted by Gasteiger charge is -2.61. The van der Waals surface area contributed by atoms with Gasteiger partial charge in [0, 0.05) is 0 Å². The predicted octanol–water partition coefficient (Wildman–Crippen LogP) is 1.67. The number of ether oxygens (including phenoxy) is 2. The first-order valence-corrected chi connectivity index (χ1v) is 12.8. The number of carbonyl (C=O) groups is 1. The molecule has 0 radical (unpaired) electrons. The van der Waals surface area contributed by atoms with E-state index in [1.807, 2.05) is 0 Å². The van der Waals surface area contributed by atoms with Crippen molar-refractivity contribution in [3.8, 4) is 0 Å². The van der Waals surface area contributed by atoms with Gasteiger partial charge in [0.05, 0.1) is 12.2 Å². The zero-order valence-corrected chi connectivity index (χ0v) is 19.7. The topological polar surface area (TPSA) is 137 Å². The molecule has 188 valence electrons. The van der Waals surface area contributed by atoms with Gasteiger partial charge >= 0.3 is 5.97 Å². The lowest BCUT2D eigenvalue weighted by atomic mass is 9.45. The number of rotatable bonds is 3. The van der Waals surface area contributed by atoms with Crippen molar-refractivity contribution in [2.24, 2.45) is 34.5 Å². The molecule has 5 aliphatic rings. The van der Waals surface area contributed by atoms with Crippen LogP contribution in [0.15, 0.2) is 0 Å². The van der Waals surface area contributed by atoms with Gasteiger partial charge in [-0.05, 0) is 92.3 Å². The molecule has 13 unspecified atom stereocenters. The number of aliphatic hydroxyl groups is 4. The molecule has 8 nitrogen and oxygen atoms in total. The molecule has 4 aliphatic carbocycles. The van der Waals surface area contributed by atoms with E-state index in [1.54, 1.807) is 0 Å². The molecular formula is C25H40O8. The summed E-state index contributed by atoms with van der Waals surface area (Å²) in [6.45, 7) is 4.74. The van der Waals surface area contributed by atoms with Crippen LogP contribution < -0.4 is 0 Å². The molecule has 0 bridgehead atoms. The van der Waals surface area contributed by atoms with Gasteiger partial charge in [0.15, 0.2) is 12.4 Å². The fourth-order valence-corrected chi connectivity index (χ4v) is 8.67. The average Bonchev–Trinajstić information content (AvgIpc) is 3.08. The summed E-state index contributed by atoms with van der Waals surface area (Å²) in [5.41, 5.74) is 0.300. The van der Waals surface area contributed by atoms with Crippen molar-refractivity contribution in [2.75, 3.05) is 0 Å². The SMILES string of the molecule is CC12CCC3C(CCC4CC(OC5OC(C(=O)O)C(O)C(O)C5O)CCC43C)C1CCC2O. The molecule has 0 spiro atoms. The van der Waals surface area contributed by atoms with Crippen LogP contribution in [0.25, 0.3) is 0 Å². The Morgan fingerprint density at radius 1 is 0.848 bits per heavy atom. The zero-order valence-electron chi connectivity index (χ0n) is 19.7. The number of aliphatic hydroxyl groups excluding tert-OH is 4. The molecule has 1 aliphatic heterocycles. The zero-order chi connectivity index (χ0) is 23.7. The minimum atomic E-state index is -1.70. The summed E-state index contributed by atoms with van der Waals surface area (Å²) in [7, 11) is 0. The van der Waals surface area contributed by atoms with Crippen LogP contribution in [0.1, 0.15) is 71.6 Å². The average molecular weight is 469 g/mol. The number of carboxylic acid groups (broad SMARTS) is 1. The molecule has 0 amide bonds. The van der Waals surface area contributed by atoms with E-state index in [2.05, 4.69) is 13.8 Å². The van der Waals surface area contributed by atoms with E-state index in [0.717, 1.165) is 44.9 Å². The Morgan fingerprint density at radius 2 is 1.55 bits per heavy atom. The standard InChI is InChI=1S/C25H40O8/c1-24-9-7-13(32-23-20(29)18(27)19(28)21(33-23)22(30)31)11-12(24)3-4-14-15-5-6-17(26)25(15,2)10-8-16(14)24/h12-21,23,26-29H,3-11H2,1-2H3,(H,30,31). The summed E-state index contributed by atoms with van der Waals surface area (Å²) in [5, 5.41) is 50.3. The third-order valence-corrected chi connectivity index (χ3v) is 10.7. The maximum absolute atomic E-state index is 11.4. The lowest BCUT2D eigenvalue weighted by molar-refractivity contribution is -0.309. The number of aliphatic carboxylic acids is 1. The van der Waals surface area contributed by atoms with Crippen LogP contribution in [-0.4, -0.2) is 74.4 Å². The summed E-state index contributed by atoms with van der Waals surface area (Å²) in [6, 6.07) is 0. The van der Waals surface area contributed by atoms with E-state index in [4.69, 9.17) is 9.47 Å². The molecule has 5 rings (SSSR count). The van der Waals surface area contributed by atoms with Crippen LogP contribution in [-0.2, 0) is 14.3 Å². The Morgan fingerprint density at radius 3 is 2.27 bits per heavy atom. The molecule has 5 fully saturated rings. The summed E-state index contributed by atoms with van der Waals surface area (Å²) in [6.07, 6.45) is 1.19. The quantitative estimate of drug-likeness (QED) is 0.395. The molecule has 4 saturated carbocycles. The van der Waals surface area contributed by atoms with Crippen molar-refractivity contribution in [3.63, 3.8) is 0 Å². The van der Waals surface area contributed by atoms with Gasteiger partial charge in [-0.2, -0.15) is 0 Å². The molecule has 1 saturated heterocycles. The molecule has 8 heteroatoms. The molecule has 0 aromatic heterocycles. The Labute approximate surface area is 195 Å². The molecule has 33 heavy (non-hydrogen) atoms. The highest BCUT2D eigenvalue weighted by molar-refractivity contribution is 5.73. The fourth-order valence-electron chi connectivity index (χ4n) is 8.67. The maximum atomic E-state index is 11.4. The second-order valence-electron chi connectivity index (χ2n) is 12.1. The molecular weight excluding hydrogens is 428 g/mol. The van der Waals surface area contributed by atoms with Crippen LogP contribution in [0.3, 0.4) is 0 Å².